The molecule has 0 radical (unpaired) electrons. The number of hydrogen-bond acceptors (Lipinski definition) is 2. The Balaban J connectivity index is 2.52. The van der Waals surface area contributed by atoms with Crippen LogP contribution in [0.3, 0.4) is 0 Å². The van der Waals surface area contributed by atoms with Gasteiger partial charge in [0.25, 0.3) is 0 Å². The van der Waals surface area contributed by atoms with Gasteiger partial charge in [-0.1, -0.05) is 33.6 Å². The smallest absolute Gasteiger partial charge is 0.158 e. The second-order valence-electron chi connectivity index (χ2n) is 5.58. The van der Waals surface area contributed by atoms with Crippen LogP contribution in [0.5, 0.6) is 0 Å². The molecule has 2 rings (SSSR count). The third-order valence-corrected chi connectivity index (χ3v) is 4.06. The van der Waals surface area contributed by atoms with E-state index in [9.17, 15) is 0 Å². The molecule has 0 fully saturated rings. The average Bonchev–Trinajstić information content (AvgIpc) is 2.91. The number of aromatic nitrogens is 4. The van der Waals surface area contributed by atoms with E-state index in [0.29, 0.717) is 11.8 Å². The molecule has 0 saturated heterocycles. The van der Waals surface area contributed by atoms with E-state index in [1.807, 2.05) is 11.7 Å². The van der Waals surface area contributed by atoms with Crippen LogP contribution in [-0.2, 0) is 26.4 Å². The van der Waals surface area contributed by atoms with Gasteiger partial charge in [-0.05, 0) is 12.3 Å². The predicted molar refractivity (Wildman–Crippen MR) is 84.4 cm³/mol. The number of aryl methyl sites for hydroxylation is 3. The fourth-order valence-corrected chi connectivity index (χ4v) is 2.77. The maximum atomic E-state index is 5.94. The molecule has 112 valence electrons. The van der Waals surface area contributed by atoms with Crippen molar-refractivity contribution in [3.05, 3.63) is 11.5 Å². The molecule has 2 heterocycles. The summed E-state index contributed by atoms with van der Waals surface area (Å²) in [5.74, 6) is 2.34. The van der Waals surface area contributed by atoms with Crippen LogP contribution >= 0.6 is 11.6 Å². The highest BCUT2D eigenvalue weighted by molar-refractivity contribution is 6.17. The Morgan fingerprint density at radius 3 is 2.60 bits per heavy atom. The first kappa shape index (κ1) is 15.4. The molecule has 2 aromatic rings. The van der Waals surface area contributed by atoms with Crippen molar-refractivity contribution < 1.29 is 0 Å². The molecule has 0 aliphatic rings. The number of halogens is 1. The van der Waals surface area contributed by atoms with Gasteiger partial charge in [-0.15, -0.1) is 11.6 Å². The van der Waals surface area contributed by atoms with Crippen molar-refractivity contribution in [1.82, 2.24) is 19.3 Å². The van der Waals surface area contributed by atoms with Gasteiger partial charge in [0.2, 0.25) is 0 Å². The van der Waals surface area contributed by atoms with E-state index in [0.717, 1.165) is 48.5 Å². The summed E-state index contributed by atoms with van der Waals surface area (Å²) in [7, 11) is 2.01. The Morgan fingerprint density at radius 2 is 2.00 bits per heavy atom. The molecule has 4 nitrogen and oxygen atoms in total. The fourth-order valence-electron chi connectivity index (χ4n) is 2.60. The Labute approximate surface area is 126 Å². The predicted octanol–water partition coefficient (Wildman–Crippen LogP) is 3.55. The first-order valence-electron chi connectivity index (χ1n) is 7.59. The van der Waals surface area contributed by atoms with Gasteiger partial charge in [0, 0.05) is 25.9 Å². The van der Waals surface area contributed by atoms with Crippen LogP contribution in [0, 0.1) is 5.92 Å². The van der Waals surface area contributed by atoms with Gasteiger partial charge in [-0.3, -0.25) is 4.68 Å². The van der Waals surface area contributed by atoms with Gasteiger partial charge >= 0.3 is 0 Å². The van der Waals surface area contributed by atoms with Crippen molar-refractivity contribution in [3.63, 3.8) is 0 Å². The maximum Gasteiger partial charge on any atom is 0.158 e. The molecule has 0 spiro atoms. The highest BCUT2D eigenvalue weighted by Crippen LogP contribution is 2.23. The van der Waals surface area contributed by atoms with E-state index in [1.54, 1.807) is 0 Å². The van der Waals surface area contributed by atoms with Crippen molar-refractivity contribution in [3.8, 4) is 0 Å². The zero-order valence-electron chi connectivity index (χ0n) is 13.0. The molecular formula is C15H25ClN4. The molecule has 1 atom stereocenters. The van der Waals surface area contributed by atoms with Crippen LogP contribution in [-0.4, -0.2) is 25.2 Å². The van der Waals surface area contributed by atoms with Crippen molar-refractivity contribution in [2.24, 2.45) is 13.0 Å². The lowest BCUT2D eigenvalue weighted by Gasteiger charge is -2.13. The highest BCUT2D eigenvalue weighted by Gasteiger charge is 2.19. The van der Waals surface area contributed by atoms with Crippen LogP contribution in [0.2, 0.25) is 0 Å². The SMILES string of the molecule is CCCc1nn(C)c2c1nc(CCCl)n2CC(C)CC. The molecular weight excluding hydrogens is 272 g/mol. The topological polar surface area (TPSA) is 35.6 Å². The standard InChI is InChI=1S/C15H25ClN4/c1-5-7-12-14-15(19(4)18-12)20(10-11(3)6-2)13(17-14)8-9-16/h11H,5-10H2,1-4H3. The number of fused-ring (bicyclic) bond motifs is 1. The highest BCUT2D eigenvalue weighted by atomic mass is 35.5. The summed E-state index contributed by atoms with van der Waals surface area (Å²) in [4.78, 5) is 4.82. The summed E-state index contributed by atoms with van der Waals surface area (Å²) in [5.41, 5.74) is 3.33. The first-order chi connectivity index (χ1) is 9.62. The van der Waals surface area contributed by atoms with Gasteiger partial charge in [-0.25, -0.2) is 4.98 Å². The number of imidazole rings is 1. The lowest BCUT2D eigenvalue weighted by molar-refractivity contribution is 0.461. The third kappa shape index (κ3) is 2.85. The summed E-state index contributed by atoms with van der Waals surface area (Å²) in [6, 6.07) is 0. The number of rotatable bonds is 7. The van der Waals surface area contributed by atoms with Crippen LogP contribution in [0.15, 0.2) is 0 Å². The van der Waals surface area contributed by atoms with Gasteiger partial charge < -0.3 is 4.57 Å². The van der Waals surface area contributed by atoms with Gasteiger partial charge in [-0.2, -0.15) is 5.10 Å². The van der Waals surface area contributed by atoms with Crippen LogP contribution in [0.1, 0.15) is 45.1 Å². The minimum Gasteiger partial charge on any atom is -0.313 e. The summed E-state index contributed by atoms with van der Waals surface area (Å²) in [5, 5.41) is 4.63. The summed E-state index contributed by atoms with van der Waals surface area (Å²) < 4.78 is 4.30. The molecule has 0 saturated carbocycles. The largest absolute Gasteiger partial charge is 0.313 e. The quantitative estimate of drug-likeness (QED) is 0.733. The number of alkyl halides is 1. The molecule has 1 unspecified atom stereocenters. The molecule has 0 amide bonds. The molecule has 0 bridgehead atoms. The minimum absolute atomic E-state index is 0.611. The Morgan fingerprint density at radius 1 is 1.25 bits per heavy atom. The summed E-state index contributed by atoms with van der Waals surface area (Å²) >= 11 is 5.94. The van der Waals surface area contributed by atoms with Crippen molar-refractivity contribution >= 4 is 22.8 Å². The third-order valence-electron chi connectivity index (χ3n) is 3.87. The van der Waals surface area contributed by atoms with Crippen molar-refractivity contribution in [2.75, 3.05) is 5.88 Å². The van der Waals surface area contributed by atoms with E-state index in [1.165, 1.54) is 6.42 Å². The lowest BCUT2D eigenvalue weighted by Crippen LogP contribution is -2.13. The first-order valence-corrected chi connectivity index (χ1v) is 8.12. The van der Waals surface area contributed by atoms with Crippen LogP contribution in [0.4, 0.5) is 0 Å². The zero-order chi connectivity index (χ0) is 14.7. The Hall–Kier alpha value is -1.03. The number of hydrogen-bond donors (Lipinski definition) is 0. The van der Waals surface area contributed by atoms with Gasteiger partial charge in [0.05, 0.1) is 5.69 Å². The van der Waals surface area contributed by atoms with E-state index < -0.39 is 0 Å². The minimum atomic E-state index is 0.611. The molecule has 0 aliphatic heterocycles. The van der Waals surface area contributed by atoms with Crippen molar-refractivity contribution in [1.29, 1.82) is 0 Å². The monoisotopic (exact) mass is 296 g/mol. The van der Waals surface area contributed by atoms with Crippen LogP contribution in [0.25, 0.3) is 11.2 Å². The molecule has 5 heteroatoms. The summed E-state index contributed by atoms with van der Waals surface area (Å²) in [6.45, 7) is 7.67. The Bertz CT molecular complexity index is 570. The second kappa shape index (κ2) is 6.61. The average molecular weight is 297 g/mol. The molecule has 0 N–H and O–H groups in total. The van der Waals surface area contributed by atoms with E-state index >= 15 is 0 Å². The van der Waals surface area contributed by atoms with Crippen LogP contribution < -0.4 is 0 Å². The Kier molecular flexibility index (Phi) is 5.08. The fraction of sp³-hybridized carbons (Fsp3) is 0.733. The van der Waals surface area contributed by atoms with E-state index in [-0.39, 0.29) is 0 Å². The van der Waals surface area contributed by atoms with Gasteiger partial charge in [0.1, 0.15) is 11.3 Å². The molecule has 0 aromatic carbocycles. The lowest BCUT2D eigenvalue weighted by atomic mass is 10.1. The van der Waals surface area contributed by atoms with Crippen molar-refractivity contribution in [2.45, 2.75) is 53.0 Å². The molecule has 20 heavy (non-hydrogen) atoms. The maximum absolute atomic E-state index is 5.94. The molecule has 2 aromatic heterocycles. The number of nitrogens with zero attached hydrogens (tertiary/aromatic N) is 4. The van der Waals surface area contributed by atoms with E-state index in [2.05, 4.69) is 30.4 Å². The van der Waals surface area contributed by atoms with E-state index in [4.69, 9.17) is 16.6 Å². The van der Waals surface area contributed by atoms with Gasteiger partial charge in [0.15, 0.2) is 5.65 Å². The zero-order valence-corrected chi connectivity index (χ0v) is 13.7. The normalized spacial score (nSPS) is 13.2. The summed E-state index contributed by atoms with van der Waals surface area (Å²) in [6.07, 6.45) is 4.06. The second-order valence-corrected chi connectivity index (χ2v) is 5.96. The molecule has 0 aliphatic carbocycles.